The average Bonchev–Trinajstić information content (AvgIpc) is 2.83. The first-order chi connectivity index (χ1) is 16.4. The van der Waals surface area contributed by atoms with Crippen molar-refractivity contribution in [2.24, 2.45) is 0 Å². The Morgan fingerprint density at radius 3 is 1.89 bits per heavy atom. The second kappa shape index (κ2) is 9.16. The number of amides is 1. The normalized spacial score (nSPS) is 14.8. The van der Waals surface area contributed by atoms with Crippen molar-refractivity contribution in [1.82, 2.24) is 14.9 Å². The Morgan fingerprint density at radius 1 is 0.771 bits per heavy atom. The van der Waals surface area contributed by atoms with Crippen LogP contribution in [0, 0.1) is 5.82 Å². The van der Waals surface area contributed by atoms with Crippen molar-refractivity contribution in [2.75, 3.05) is 31.1 Å². The largest absolute Gasteiger partial charge is 0.416 e. The van der Waals surface area contributed by atoms with E-state index in [9.17, 15) is 35.5 Å². The smallest absolute Gasteiger partial charge is 0.353 e. The average molecular weight is 498 g/mol. The summed E-state index contributed by atoms with van der Waals surface area (Å²) in [6, 6.07) is 8.23. The van der Waals surface area contributed by atoms with Gasteiger partial charge in [0.15, 0.2) is 0 Å². The highest BCUT2D eigenvalue weighted by molar-refractivity contribution is 5.95. The fourth-order valence-corrected chi connectivity index (χ4v) is 3.70. The molecule has 0 aliphatic carbocycles. The van der Waals surface area contributed by atoms with Gasteiger partial charge in [-0.3, -0.25) is 4.79 Å². The van der Waals surface area contributed by atoms with Gasteiger partial charge in [0.05, 0.1) is 16.8 Å². The van der Waals surface area contributed by atoms with E-state index in [0.29, 0.717) is 29.2 Å². The van der Waals surface area contributed by atoms with E-state index in [1.165, 1.54) is 23.4 Å². The highest BCUT2D eigenvalue weighted by Gasteiger charge is 2.38. The van der Waals surface area contributed by atoms with Gasteiger partial charge in [0.25, 0.3) is 5.91 Å². The topological polar surface area (TPSA) is 49.3 Å². The van der Waals surface area contributed by atoms with Crippen molar-refractivity contribution in [1.29, 1.82) is 0 Å². The molecule has 1 aliphatic rings. The molecule has 12 heteroatoms. The zero-order valence-electron chi connectivity index (χ0n) is 17.9. The molecule has 4 rings (SSSR count). The lowest BCUT2D eigenvalue weighted by molar-refractivity contribution is -0.143. The lowest BCUT2D eigenvalue weighted by atomic mass is 10.0. The van der Waals surface area contributed by atoms with Crippen LogP contribution in [-0.4, -0.2) is 47.0 Å². The lowest BCUT2D eigenvalue weighted by Gasteiger charge is -2.35. The second-order valence-corrected chi connectivity index (χ2v) is 7.84. The fraction of sp³-hybridized carbons (Fsp3) is 0.261. The van der Waals surface area contributed by atoms with Gasteiger partial charge >= 0.3 is 12.4 Å². The molecule has 2 aromatic carbocycles. The first kappa shape index (κ1) is 24.4. The van der Waals surface area contributed by atoms with Gasteiger partial charge in [-0.1, -0.05) is 0 Å². The molecule has 0 unspecified atom stereocenters. The van der Waals surface area contributed by atoms with Crippen molar-refractivity contribution in [2.45, 2.75) is 12.4 Å². The number of piperazine rings is 1. The molecule has 5 nitrogen and oxygen atoms in total. The maximum atomic E-state index is 13.2. The number of anilines is 1. The van der Waals surface area contributed by atoms with Gasteiger partial charge in [-0.25, -0.2) is 14.4 Å². The number of carbonyl (C=O) groups excluding carboxylic acids is 1. The summed E-state index contributed by atoms with van der Waals surface area (Å²) in [5, 5.41) is 0. The molecule has 1 saturated heterocycles. The van der Waals surface area contributed by atoms with Gasteiger partial charge in [0.2, 0.25) is 0 Å². The third-order valence-corrected chi connectivity index (χ3v) is 5.52. The SMILES string of the molecule is O=C(c1cc(C(F)(F)F)cc(C(F)(F)F)c1)N1CCN(c2cc(-c3ccc(F)cc3)ncn2)CC1. The standard InChI is InChI=1S/C23H17F7N4O/c24-18-3-1-14(2-4-18)19-12-20(32-13-31-19)33-5-7-34(8-6-33)21(35)15-9-16(22(25,26)27)11-17(10-15)23(28,29)30/h1-4,9-13H,5-8H2. The van der Waals surface area contributed by atoms with Gasteiger partial charge < -0.3 is 9.80 Å². The first-order valence-electron chi connectivity index (χ1n) is 10.3. The highest BCUT2D eigenvalue weighted by Crippen LogP contribution is 2.36. The number of hydrogen-bond donors (Lipinski definition) is 0. The van der Waals surface area contributed by atoms with E-state index in [1.807, 2.05) is 4.90 Å². The maximum Gasteiger partial charge on any atom is 0.416 e. The molecule has 0 N–H and O–H groups in total. The summed E-state index contributed by atoms with van der Waals surface area (Å²) in [5.41, 5.74) is -2.56. The monoisotopic (exact) mass is 498 g/mol. The molecule has 0 atom stereocenters. The van der Waals surface area contributed by atoms with Gasteiger partial charge in [0.1, 0.15) is 18.0 Å². The van der Waals surface area contributed by atoms with Gasteiger partial charge in [-0.15, -0.1) is 0 Å². The maximum absolute atomic E-state index is 13.2. The number of benzene rings is 2. The summed E-state index contributed by atoms with van der Waals surface area (Å²) in [7, 11) is 0. The van der Waals surface area contributed by atoms with Crippen LogP contribution < -0.4 is 4.90 Å². The van der Waals surface area contributed by atoms with Crippen LogP contribution in [0.15, 0.2) is 54.9 Å². The Balaban J connectivity index is 1.50. The molecule has 1 aliphatic heterocycles. The number of aromatic nitrogens is 2. The third-order valence-electron chi connectivity index (χ3n) is 5.52. The Bertz CT molecular complexity index is 1190. The molecule has 0 saturated carbocycles. The minimum absolute atomic E-state index is 0.0114. The molecule has 0 bridgehead atoms. The molecule has 0 radical (unpaired) electrons. The molecule has 3 aromatic rings. The molecule has 2 heterocycles. The first-order valence-corrected chi connectivity index (χ1v) is 10.3. The summed E-state index contributed by atoms with van der Waals surface area (Å²) in [4.78, 5) is 24.2. The Kier molecular flexibility index (Phi) is 6.39. The summed E-state index contributed by atoms with van der Waals surface area (Å²) in [6.45, 7) is 0.617. The molecule has 0 spiro atoms. The van der Waals surface area contributed by atoms with Crippen molar-refractivity contribution in [3.05, 3.63) is 77.4 Å². The number of hydrogen-bond acceptors (Lipinski definition) is 4. The predicted octanol–water partition coefficient (Wildman–Crippen LogP) is 5.28. The van der Waals surface area contributed by atoms with Crippen molar-refractivity contribution in [3.8, 4) is 11.3 Å². The van der Waals surface area contributed by atoms with Crippen LogP contribution in [0.4, 0.5) is 36.6 Å². The molecule has 35 heavy (non-hydrogen) atoms. The fourth-order valence-electron chi connectivity index (χ4n) is 3.70. The van der Waals surface area contributed by atoms with E-state index in [4.69, 9.17) is 0 Å². The van der Waals surface area contributed by atoms with E-state index in [1.54, 1.807) is 18.2 Å². The third kappa shape index (κ3) is 5.52. The zero-order valence-corrected chi connectivity index (χ0v) is 17.9. The molecular weight excluding hydrogens is 481 g/mol. The summed E-state index contributed by atoms with van der Waals surface area (Å²) < 4.78 is 91.9. The number of alkyl halides is 6. The number of rotatable bonds is 3. The molecule has 1 amide bonds. The van der Waals surface area contributed by atoms with Crippen LogP contribution >= 0.6 is 0 Å². The van der Waals surface area contributed by atoms with Crippen molar-refractivity contribution < 1.29 is 35.5 Å². The van der Waals surface area contributed by atoms with Crippen LogP contribution in [-0.2, 0) is 12.4 Å². The second-order valence-electron chi connectivity index (χ2n) is 7.84. The van der Waals surface area contributed by atoms with Gasteiger partial charge in [0, 0.05) is 43.4 Å². The molecular formula is C23H17F7N4O. The van der Waals surface area contributed by atoms with E-state index >= 15 is 0 Å². The van der Waals surface area contributed by atoms with Crippen LogP contribution in [0.3, 0.4) is 0 Å². The van der Waals surface area contributed by atoms with Crippen LogP contribution in [0.1, 0.15) is 21.5 Å². The van der Waals surface area contributed by atoms with Gasteiger partial charge in [-0.2, -0.15) is 26.3 Å². The Hall–Kier alpha value is -3.70. The number of carbonyl (C=O) groups is 1. The predicted molar refractivity (Wildman–Crippen MR) is 112 cm³/mol. The lowest BCUT2D eigenvalue weighted by Crippen LogP contribution is -2.49. The number of nitrogens with zero attached hydrogens (tertiary/aromatic N) is 4. The Morgan fingerprint density at radius 2 is 1.34 bits per heavy atom. The van der Waals surface area contributed by atoms with E-state index in [0.717, 1.165) is 0 Å². The van der Waals surface area contributed by atoms with E-state index in [2.05, 4.69) is 9.97 Å². The molecule has 1 fully saturated rings. The van der Waals surface area contributed by atoms with Crippen molar-refractivity contribution >= 4 is 11.7 Å². The van der Waals surface area contributed by atoms with Crippen LogP contribution in [0.25, 0.3) is 11.3 Å². The minimum Gasteiger partial charge on any atom is -0.353 e. The molecule has 184 valence electrons. The van der Waals surface area contributed by atoms with Crippen LogP contribution in [0.2, 0.25) is 0 Å². The summed E-state index contributed by atoms with van der Waals surface area (Å²) in [6.07, 6.45) is -8.75. The van der Waals surface area contributed by atoms with Crippen LogP contribution in [0.5, 0.6) is 0 Å². The molecule has 1 aromatic heterocycles. The highest BCUT2D eigenvalue weighted by atomic mass is 19.4. The van der Waals surface area contributed by atoms with E-state index in [-0.39, 0.29) is 32.2 Å². The summed E-state index contributed by atoms with van der Waals surface area (Å²) in [5.74, 6) is -0.798. The number of halogens is 7. The summed E-state index contributed by atoms with van der Waals surface area (Å²) >= 11 is 0. The Labute approximate surface area is 194 Å². The zero-order chi connectivity index (χ0) is 25.4. The van der Waals surface area contributed by atoms with E-state index < -0.39 is 40.8 Å². The van der Waals surface area contributed by atoms with Crippen molar-refractivity contribution in [3.63, 3.8) is 0 Å². The minimum atomic E-state index is -5.04. The van der Waals surface area contributed by atoms with Gasteiger partial charge in [-0.05, 0) is 42.5 Å². The quantitative estimate of drug-likeness (QED) is 0.461.